The van der Waals surface area contributed by atoms with Crippen LogP contribution in [0.1, 0.15) is 37.5 Å². The number of amidine groups is 1. The van der Waals surface area contributed by atoms with Gasteiger partial charge < -0.3 is 9.64 Å². The van der Waals surface area contributed by atoms with Gasteiger partial charge in [0.2, 0.25) is 5.91 Å². The minimum Gasteiger partial charge on any atom is -0.443 e. The van der Waals surface area contributed by atoms with E-state index in [0.29, 0.717) is 25.5 Å². The van der Waals surface area contributed by atoms with Crippen LogP contribution in [-0.4, -0.2) is 74.2 Å². The normalized spacial score (nSPS) is 13.7. The molecule has 0 aromatic heterocycles. The number of carbonyl (C=O) groups excluding carboxylic acids is 2. The van der Waals surface area contributed by atoms with Crippen molar-refractivity contribution in [2.75, 3.05) is 32.6 Å². The van der Waals surface area contributed by atoms with Gasteiger partial charge in [-0.15, -0.1) is 0 Å². The Morgan fingerprint density at radius 3 is 2.54 bits per heavy atom. The molecule has 2 aromatic rings. The fourth-order valence-corrected chi connectivity index (χ4v) is 5.05. The maximum atomic E-state index is 12.5. The lowest BCUT2D eigenvalue weighted by Gasteiger charge is -2.25. The van der Waals surface area contributed by atoms with Gasteiger partial charge in [0.25, 0.3) is 0 Å². The molecule has 10 nitrogen and oxygen atoms in total. The molecule has 0 saturated heterocycles. The van der Waals surface area contributed by atoms with Crippen LogP contribution in [0.5, 0.6) is 0 Å². The number of rotatable bonds is 9. The van der Waals surface area contributed by atoms with Crippen molar-refractivity contribution in [3.63, 3.8) is 0 Å². The summed E-state index contributed by atoms with van der Waals surface area (Å²) in [7, 11) is -2.02. The summed E-state index contributed by atoms with van der Waals surface area (Å²) in [6, 6.07) is 15.4. The molecule has 2 aromatic carbocycles. The number of nitriles is 1. The molecule has 0 fully saturated rings. The SMILES string of the molecule is CN(Cc1ccc(C2=NCCN2C(=O)OC(C)(C)C)cc1)C(=O)/C=C/CNCS(=O)(=O)c1ccccc1C#N. The number of ether oxygens (including phenoxy) is 1. The molecule has 1 aliphatic rings. The fraction of sp³-hybridized carbons (Fsp3) is 0.357. The minimum atomic E-state index is -3.69. The maximum Gasteiger partial charge on any atom is 0.416 e. The number of nitrogens with one attached hydrogen (secondary N) is 1. The highest BCUT2D eigenvalue weighted by Gasteiger charge is 2.29. The van der Waals surface area contributed by atoms with Gasteiger partial charge in [0.1, 0.15) is 23.4 Å². The molecule has 1 aliphatic heterocycles. The van der Waals surface area contributed by atoms with Crippen molar-refractivity contribution in [2.24, 2.45) is 4.99 Å². The van der Waals surface area contributed by atoms with Gasteiger partial charge in [-0.05, 0) is 38.5 Å². The zero-order valence-electron chi connectivity index (χ0n) is 22.5. The molecule has 11 heteroatoms. The Balaban J connectivity index is 1.50. The van der Waals surface area contributed by atoms with Gasteiger partial charge in [0.15, 0.2) is 9.84 Å². The van der Waals surface area contributed by atoms with Crippen LogP contribution in [0, 0.1) is 11.3 Å². The standard InChI is InChI=1S/C28H33N5O5S/c1-28(2,3)38-27(35)33-17-16-31-26(33)22-13-11-21(12-14-22)19-32(4)25(34)10-7-15-30-20-39(36,37)24-9-6-5-8-23(24)18-29/h5-14,30H,15-17,19-20H2,1-4H3/b10-7+. The zero-order valence-corrected chi connectivity index (χ0v) is 23.4. The van der Waals surface area contributed by atoms with E-state index in [1.807, 2.05) is 51.1 Å². The number of sulfone groups is 1. The second-order valence-corrected chi connectivity index (χ2v) is 11.9. The van der Waals surface area contributed by atoms with Crippen molar-refractivity contribution < 1.29 is 22.7 Å². The summed E-state index contributed by atoms with van der Waals surface area (Å²) in [5.41, 5.74) is 1.18. The van der Waals surface area contributed by atoms with E-state index in [4.69, 9.17) is 10.00 Å². The van der Waals surface area contributed by atoms with Crippen LogP contribution in [0.15, 0.2) is 70.6 Å². The summed E-state index contributed by atoms with van der Waals surface area (Å²) in [4.78, 5) is 32.5. The van der Waals surface area contributed by atoms with Crippen LogP contribution in [0.3, 0.4) is 0 Å². The lowest BCUT2D eigenvalue weighted by molar-refractivity contribution is -0.125. The number of likely N-dealkylation sites (N-methyl/N-ethyl adjacent to an activating group) is 1. The lowest BCUT2D eigenvalue weighted by atomic mass is 10.1. The van der Waals surface area contributed by atoms with Crippen LogP contribution in [0.25, 0.3) is 0 Å². The molecule has 0 bridgehead atoms. The van der Waals surface area contributed by atoms with Gasteiger partial charge in [0.05, 0.1) is 23.5 Å². The van der Waals surface area contributed by atoms with Crippen LogP contribution < -0.4 is 5.32 Å². The van der Waals surface area contributed by atoms with Gasteiger partial charge >= 0.3 is 6.09 Å². The molecule has 0 saturated carbocycles. The first-order valence-electron chi connectivity index (χ1n) is 12.4. The second kappa shape index (κ2) is 12.7. The van der Waals surface area contributed by atoms with Crippen LogP contribution in [0.2, 0.25) is 0 Å². The molecule has 0 spiro atoms. The van der Waals surface area contributed by atoms with E-state index in [1.54, 1.807) is 25.3 Å². The third-order valence-electron chi connectivity index (χ3n) is 5.62. The summed E-state index contributed by atoms with van der Waals surface area (Å²) in [5.74, 6) is -0.0353. The molecule has 1 heterocycles. The van der Waals surface area contributed by atoms with E-state index in [-0.39, 0.29) is 28.8 Å². The highest BCUT2D eigenvalue weighted by molar-refractivity contribution is 7.91. The van der Waals surface area contributed by atoms with E-state index in [9.17, 15) is 18.0 Å². The van der Waals surface area contributed by atoms with E-state index in [2.05, 4.69) is 10.3 Å². The first kappa shape index (κ1) is 29.5. The average molecular weight is 552 g/mol. The number of nitrogens with zero attached hydrogens (tertiary/aromatic N) is 4. The van der Waals surface area contributed by atoms with Crippen LogP contribution >= 0.6 is 0 Å². The zero-order chi connectivity index (χ0) is 28.6. The summed E-state index contributed by atoms with van der Waals surface area (Å²) >= 11 is 0. The average Bonchev–Trinajstić information content (AvgIpc) is 3.38. The van der Waals surface area contributed by atoms with Crippen LogP contribution in [0.4, 0.5) is 4.79 Å². The van der Waals surface area contributed by atoms with Crippen molar-refractivity contribution in [3.05, 3.63) is 77.4 Å². The number of amides is 2. The molecule has 0 radical (unpaired) electrons. The lowest BCUT2D eigenvalue weighted by Crippen LogP contribution is -2.39. The maximum absolute atomic E-state index is 12.5. The van der Waals surface area contributed by atoms with E-state index >= 15 is 0 Å². The molecule has 0 unspecified atom stereocenters. The molecule has 0 atom stereocenters. The van der Waals surface area contributed by atoms with Gasteiger partial charge in [-0.25, -0.2) is 13.2 Å². The molecule has 2 amide bonds. The molecule has 206 valence electrons. The molecule has 39 heavy (non-hydrogen) atoms. The topological polar surface area (TPSA) is 132 Å². The number of aliphatic imine (C=N–C) groups is 1. The summed E-state index contributed by atoms with van der Waals surface area (Å²) in [5, 5.41) is 11.9. The van der Waals surface area contributed by atoms with Crippen molar-refractivity contribution in [1.29, 1.82) is 5.26 Å². The number of benzene rings is 2. The third-order valence-corrected chi connectivity index (χ3v) is 7.23. The molecule has 1 N–H and O–H groups in total. The van der Waals surface area contributed by atoms with Crippen molar-refractivity contribution >= 4 is 27.7 Å². The van der Waals surface area contributed by atoms with E-state index in [0.717, 1.165) is 11.1 Å². The summed E-state index contributed by atoms with van der Waals surface area (Å²) in [6.45, 7) is 6.95. The van der Waals surface area contributed by atoms with Crippen LogP contribution in [-0.2, 0) is 25.9 Å². The number of hydrogen-bond donors (Lipinski definition) is 1. The van der Waals surface area contributed by atoms with Crippen molar-refractivity contribution in [3.8, 4) is 6.07 Å². The second-order valence-electron chi connectivity index (χ2n) is 9.95. The van der Waals surface area contributed by atoms with E-state index in [1.165, 1.54) is 28.0 Å². The first-order chi connectivity index (χ1) is 18.4. The van der Waals surface area contributed by atoms with Gasteiger partial charge in [-0.3, -0.25) is 20.0 Å². The monoisotopic (exact) mass is 551 g/mol. The number of hydrogen-bond acceptors (Lipinski definition) is 8. The third kappa shape index (κ3) is 8.24. The van der Waals surface area contributed by atoms with Gasteiger partial charge in [-0.1, -0.05) is 42.5 Å². The summed E-state index contributed by atoms with van der Waals surface area (Å²) in [6.07, 6.45) is 2.50. The van der Waals surface area contributed by atoms with E-state index < -0.39 is 21.5 Å². The molecule has 3 rings (SSSR count). The van der Waals surface area contributed by atoms with Crippen molar-refractivity contribution in [1.82, 2.24) is 15.1 Å². The summed E-state index contributed by atoms with van der Waals surface area (Å²) < 4.78 is 30.5. The predicted molar refractivity (Wildman–Crippen MR) is 148 cm³/mol. The Kier molecular flexibility index (Phi) is 9.61. The smallest absolute Gasteiger partial charge is 0.416 e. The Morgan fingerprint density at radius 2 is 1.87 bits per heavy atom. The Morgan fingerprint density at radius 1 is 1.18 bits per heavy atom. The molecular weight excluding hydrogens is 518 g/mol. The fourth-order valence-electron chi connectivity index (χ4n) is 3.77. The first-order valence-corrected chi connectivity index (χ1v) is 14.0. The Labute approximate surface area is 229 Å². The number of carbonyl (C=O) groups is 2. The molecule has 0 aliphatic carbocycles. The Bertz CT molecular complexity index is 1400. The Hall–Kier alpha value is -4.01. The highest BCUT2D eigenvalue weighted by atomic mass is 32.2. The van der Waals surface area contributed by atoms with Crippen molar-refractivity contribution in [2.45, 2.75) is 37.8 Å². The van der Waals surface area contributed by atoms with Gasteiger partial charge in [-0.2, -0.15) is 5.26 Å². The van der Waals surface area contributed by atoms with Gasteiger partial charge in [0, 0.05) is 31.8 Å². The quantitative estimate of drug-likeness (QED) is 0.374. The molecular formula is C28H33N5O5S. The predicted octanol–water partition coefficient (Wildman–Crippen LogP) is 3.09. The highest BCUT2D eigenvalue weighted by Crippen LogP contribution is 2.18. The minimum absolute atomic E-state index is 0.0247. The largest absolute Gasteiger partial charge is 0.443 e.